The van der Waals surface area contributed by atoms with Crippen molar-refractivity contribution in [2.75, 3.05) is 11.9 Å². The number of nitrogens with one attached hydrogen (secondary N) is 2. The van der Waals surface area contributed by atoms with E-state index in [-0.39, 0.29) is 18.0 Å². The maximum atomic E-state index is 13.0. The molecule has 1 aromatic carbocycles. The summed E-state index contributed by atoms with van der Waals surface area (Å²) in [6.45, 7) is 5.95. The van der Waals surface area contributed by atoms with Crippen LogP contribution in [0.15, 0.2) is 18.2 Å². The maximum Gasteiger partial charge on any atom is 0.239 e. The molecule has 0 heterocycles. The van der Waals surface area contributed by atoms with Gasteiger partial charge in [-0.2, -0.15) is 0 Å². The molecule has 0 aliphatic heterocycles. The third kappa shape index (κ3) is 4.53. The van der Waals surface area contributed by atoms with Gasteiger partial charge in [0, 0.05) is 5.54 Å². The van der Waals surface area contributed by atoms with Crippen molar-refractivity contribution in [3.8, 4) is 0 Å². The summed E-state index contributed by atoms with van der Waals surface area (Å²) in [6, 6.07) is 3.99. The predicted molar refractivity (Wildman–Crippen MR) is 72.4 cm³/mol. The first-order chi connectivity index (χ1) is 8.34. The van der Waals surface area contributed by atoms with E-state index in [1.54, 1.807) is 0 Å². The fourth-order valence-electron chi connectivity index (χ4n) is 1.32. The number of hydrogen-bond donors (Lipinski definition) is 2. The highest BCUT2D eigenvalue weighted by molar-refractivity contribution is 6.33. The summed E-state index contributed by atoms with van der Waals surface area (Å²) < 4.78 is 13.0. The first kappa shape index (κ1) is 14.8. The molecule has 0 aliphatic carbocycles. The van der Waals surface area contributed by atoms with Crippen LogP contribution >= 0.6 is 11.6 Å². The quantitative estimate of drug-likeness (QED) is 0.864. The van der Waals surface area contributed by atoms with Crippen molar-refractivity contribution in [1.82, 2.24) is 5.32 Å². The Morgan fingerprint density at radius 2 is 2.11 bits per heavy atom. The topological polar surface area (TPSA) is 41.1 Å². The van der Waals surface area contributed by atoms with E-state index in [0.717, 1.165) is 6.42 Å². The van der Waals surface area contributed by atoms with Gasteiger partial charge in [0.25, 0.3) is 0 Å². The van der Waals surface area contributed by atoms with Gasteiger partial charge in [0.1, 0.15) is 5.82 Å². The fraction of sp³-hybridized carbons (Fsp3) is 0.462. The third-order valence-corrected chi connectivity index (χ3v) is 3.06. The van der Waals surface area contributed by atoms with Crippen LogP contribution in [-0.2, 0) is 4.79 Å². The number of carbonyl (C=O) groups excluding carboxylic acids is 1. The van der Waals surface area contributed by atoms with Gasteiger partial charge in [-0.05, 0) is 38.5 Å². The van der Waals surface area contributed by atoms with Crippen LogP contribution in [0.2, 0.25) is 5.02 Å². The Hall–Kier alpha value is -1.29. The molecular formula is C13H18ClFN2O. The number of carbonyl (C=O) groups is 1. The largest absolute Gasteiger partial charge is 0.375 e. The van der Waals surface area contributed by atoms with Crippen LogP contribution in [0.4, 0.5) is 10.1 Å². The molecule has 2 N–H and O–H groups in total. The smallest absolute Gasteiger partial charge is 0.239 e. The SMILES string of the molecule is CCC(C)(C)NC(=O)CNc1cc(F)ccc1Cl. The summed E-state index contributed by atoms with van der Waals surface area (Å²) in [5, 5.41) is 6.08. The molecular weight excluding hydrogens is 255 g/mol. The van der Waals surface area contributed by atoms with E-state index in [9.17, 15) is 9.18 Å². The van der Waals surface area contributed by atoms with E-state index in [2.05, 4.69) is 10.6 Å². The first-order valence-electron chi connectivity index (χ1n) is 5.84. The Morgan fingerprint density at radius 3 is 2.72 bits per heavy atom. The molecule has 0 radical (unpaired) electrons. The van der Waals surface area contributed by atoms with Gasteiger partial charge < -0.3 is 10.6 Å². The van der Waals surface area contributed by atoms with E-state index in [4.69, 9.17) is 11.6 Å². The zero-order valence-corrected chi connectivity index (χ0v) is 11.6. The van der Waals surface area contributed by atoms with E-state index < -0.39 is 5.82 Å². The highest BCUT2D eigenvalue weighted by atomic mass is 35.5. The van der Waals surface area contributed by atoms with Crippen molar-refractivity contribution >= 4 is 23.2 Å². The molecule has 0 spiro atoms. The van der Waals surface area contributed by atoms with Gasteiger partial charge >= 0.3 is 0 Å². The van der Waals surface area contributed by atoms with Crippen LogP contribution in [0.5, 0.6) is 0 Å². The van der Waals surface area contributed by atoms with E-state index in [1.807, 2.05) is 20.8 Å². The summed E-state index contributed by atoms with van der Waals surface area (Å²) in [7, 11) is 0. The summed E-state index contributed by atoms with van der Waals surface area (Å²) in [5.74, 6) is -0.543. The summed E-state index contributed by atoms with van der Waals surface area (Å²) >= 11 is 5.88. The number of hydrogen-bond acceptors (Lipinski definition) is 2. The summed E-state index contributed by atoms with van der Waals surface area (Å²) in [4.78, 5) is 11.7. The summed E-state index contributed by atoms with van der Waals surface area (Å²) in [5.41, 5.74) is 0.172. The van der Waals surface area contributed by atoms with Crippen LogP contribution in [0, 0.1) is 5.82 Å². The van der Waals surface area contributed by atoms with Crippen LogP contribution in [-0.4, -0.2) is 18.0 Å². The Kier molecular flexibility index (Phi) is 4.96. The molecule has 0 aromatic heterocycles. The van der Waals surface area contributed by atoms with Crippen molar-refractivity contribution in [1.29, 1.82) is 0 Å². The highest BCUT2D eigenvalue weighted by Gasteiger charge is 2.17. The van der Waals surface area contributed by atoms with Gasteiger partial charge in [-0.15, -0.1) is 0 Å². The molecule has 0 fully saturated rings. The van der Waals surface area contributed by atoms with Crippen molar-refractivity contribution in [2.45, 2.75) is 32.7 Å². The van der Waals surface area contributed by atoms with Crippen LogP contribution in [0.25, 0.3) is 0 Å². The number of halogens is 2. The number of benzene rings is 1. The lowest BCUT2D eigenvalue weighted by Crippen LogP contribution is -2.45. The summed E-state index contributed by atoms with van der Waals surface area (Å²) in [6.07, 6.45) is 0.833. The number of amides is 1. The van der Waals surface area contributed by atoms with Crippen LogP contribution < -0.4 is 10.6 Å². The standard InChI is InChI=1S/C13H18ClFN2O/c1-4-13(2,3)17-12(18)8-16-11-7-9(15)5-6-10(11)14/h5-7,16H,4,8H2,1-3H3,(H,17,18). The first-order valence-corrected chi connectivity index (χ1v) is 6.22. The molecule has 0 aliphatic rings. The highest BCUT2D eigenvalue weighted by Crippen LogP contribution is 2.22. The Bertz CT molecular complexity index is 435. The molecule has 1 amide bonds. The Labute approximate surface area is 112 Å². The molecule has 100 valence electrons. The average Bonchev–Trinajstić information content (AvgIpc) is 2.30. The van der Waals surface area contributed by atoms with Crippen molar-refractivity contribution < 1.29 is 9.18 Å². The molecule has 3 nitrogen and oxygen atoms in total. The van der Waals surface area contributed by atoms with E-state index >= 15 is 0 Å². The van der Waals surface area contributed by atoms with Gasteiger partial charge in [0.15, 0.2) is 0 Å². The van der Waals surface area contributed by atoms with Gasteiger partial charge in [0.2, 0.25) is 5.91 Å². The van der Waals surface area contributed by atoms with Crippen LogP contribution in [0.1, 0.15) is 27.2 Å². The molecule has 18 heavy (non-hydrogen) atoms. The van der Waals surface area contributed by atoms with Crippen molar-refractivity contribution in [2.24, 2.45) is 0 Å². The minimum absolute atomic E-state index is 0.0621. The normalized spacial score (nSPS) is 11.2. The van der Waals surface area contributed by atoms with Gasteiger partial charge in [0.05, 0.1) is 17.3 Å². The van der Waals surface area contributed by atoms with E-state index in [0.29, 0.717) is 10.7 Å². The molecule has 0 unspecified atom stereocenters. The fourth-order valence-corrected chi connectivity index (χ4v) is 1.50. The third-order valence-electron chi connectivity index (χ3n) is 2.73. The molecule has 5 heteroatoms. The lowest BCUT2D eigenvalue weighted by molar-refractivity contribution is -0.121. The molecule has 0 bridgehead atoms. The minimum Gasteiger partial charge on any atom is -0.375 e. The molecule has 0 atom stereocenters. The molecule has 0 saturated heterocycles. The maximum absolute atomic E-state index is 13.0. The van der Waals surface area contributed by atoms with Gasteiger partial charge in [-0.1, -0.05) is 18.5 Å². The van der Waals surface area contributed by atoms with Crippen molar-refractivity contribution in [3.63, 3.8) is 0 Å². The average molecular weight is 273 g/mol. The molecule has 1 aromatic rings. The lowest BCUT2D eigenvalue weighted by Gasteiger charge is -2.24. The predicted octanol–water partition coefficient (Wildman–Crippen LogP) is 3.20. The Balaban J connectivity index is 2.55. The zero-order valence-electron chi connectivity index (χ0n) is 10.8. The minimum atomic E-state index is -0.392. The number of anilines is 1. The monoisotopic (exact) mass is 272 g/mol. The molecule has 1 rings (SSSR count). The second-order valence-corrected chi connectivity index (χ2v) is 5.17. The van der Waals surface area contributed by atoms with Crippen molar-refractivity contribution in [3.05, 3.63) is 29.0 Å². The lowest BCUT2D eigenvalue weighted by atomic mass is 10.0. The Morgan fingerprint density at radius 1 is 1.44 bits per heavy atom. The van der Waals surface area contributed by atoms with E-state index in [1.165, 1.54) is 18.2 Å². The van der Waals surface area contributed by atoms with Gasteiger partial charge in [-0.3, -0.25) is 4.79 Å². The molecule has 0 saturated carbocycles. The van der Waals surface area contributed by atoms with Gasteiger partial charge in [-0.25, -0.2) is 4.39 Å². The number of rotatable bonds is 5. The zero-order chi connectivity index (χ0) is 13.8. The second kappa shape index (κ2) is 6.05. The second-order valence-electron chi connectivity index (χ2n) is 4.76. The van der Waals surface area contributed by atoms with Crippen LogP contribution in [0.3, 0.4) is 0 Å².